The van der Waals surface area contributed by atoms with Gasteiger partial charge in [0.25, 0.3) is 5.91 Å². The molecule has 0 unspecified atom stereocenters. The molecule has 5 heteroatoms. The fourth-order valence-corrected chi connectivity index (χ4v) is 2.44. The molecular weight excluding hydrogens is 240 g/mol. The largest absolute Gasteiger partial charge is 0.364 e. The van der Waals surface area contributed by atoms with Crippen LogP contribution >= 0.6 is 23.1 Å². The first kappa shape index (κ1) is 11.2. The number of nitrogens with zero attached hydrogens (tertiary/aromatic N) is 1. The van der Waals surface area contributed by atoms with Gasteiger partial charge in [0.15, 0.2) is 5.01 Å². The lowest BCUT2D eigenvalue weighted by atomic mass is 10.2. The first-order valence-electron chi connectivity index (χ1n) is 4.60. The van der Waals surface area contributed by atoms with E-state index in [0.29, 0.717) is 5.01 Å². The van der Waals surface area contributed by atoms with Gasteiger partial charge in [0.1, 0.15) is 0 Å². The summed E-state index contributed by atoms with van der Waals surface area (Å²) in [5.74, 6) is -0.475. The lowest BCUT2D eigenvalue weighted by Gasteiger charge is -1.99. The summed E-state index contributed by atoms with van der Waals surface area (Å²) in [6.45, 7) is 0. The molecule has 0 saturated carbocycles. The van der Waals surface area contributed by atoms with E-state index in [1.54, 1.807) is 11.8 Å². The van der Waals surface area contributed by atoms with Crippen molar-refractivity contribution in [3.05, 3.63) is 34.7 Å². The Bertz CT molecular complexity index is 522. The summed E-state index contributed by atoms with van der Waals surface area (Å²) < 4.78 is 0. The number of aromatic nitrogens is 1. The number of carbonyl (C=O) groups excluding carboxylic acids is 1. The Hall–Kier alpha value is -1.33. The van der Waals surface area contributed by atoms with Crippen LogP contribution in [0.4, 0.5) is 0 Å². The molecule has 0 fully saturated rings. The van der Waals surface area contributed by atoms with E-state index in [1.807, 2.05) is 35.9 Å². The molecule has 16 heavy (non-hydrogen) atoms. The van der Waals surface area contributed by atoms with E-state index in [2.05, 4.69) is 4.98 Å². The first-order valence-corrected chi connectivity index (χ1v) is 6.71. The van der Waals surface area contributed by atoms with Crippen LogP contribution in [0, 0.1) is 0 Å². The quantitative estimate of drug-likeness (QED) is 0.852. The molecule has 1 aromatic heterocycles. The van der Waals surface area contributed by atoms with Gasteiger partial charge in [-0.25, -0.2) is 4.98 Å². The van der Waals surface area contributed by atoms with Gasteiger partial charge in [-0.3, -0.25) is 4.79 Å². The number of thiazole rings is 1. The van der Waals surface area contributed by atoms with Gasteiger partial charge in [-0.15, -0.1) is 23.1 Å². The Morgan fingerprint density at radius 3 is 2.94 bits per heavy atom. The standard InChI is InChI=1S/C11H10N2OS2/c1-15-8-4-2-3-7(5-8)9-6-16-11(13-9)10(12)14/h2-6H,1H3,(H2,12,14). The molecule has 2 rings (SSSR count). The zero-order valence-electron chi connectivity index (χ0n) is 8.64. The highest BCUT2D eigenvalue weighted by Gasteiger charge is 2.08. The molecule has 0 bridgehead atoms. The van der Waals surface area contributed by atoms with Crippen LogP contribution in [0.25, 0.3) is 11.3 Å². The van der Waals surface area contributed by atoms with Crippen molar-refractivity contribution in [3.8, 4) is 11.3 Å². The van der Waals surface area contributed by atoms with E-state index >= 15 is 0 Å². The Kier molecular flexibility index (Phi) is 3.26. The van der Waals surface area contributed by atoms with E-state index in [9.17, 15) is 4.79 Å². The lowest BCUT2D eigenvalue weighted by Crippen LogP contribution is -2.10. The Morgan fingerprint density at radius 2 is 2.31 bits per heavy atom. The zero-order chi connectivity index (χ0) is 11.5. The molecule has 0 aliphatic rings. The van der Waals surface area contributed by atoms with Gasteiger partial charge in [-0.2, -0.15) is 0 Å². The zero-order valence-corrected chi connectivity index (χ0v) is 10.3. The molecular formula is C11H10N2OS2. The van der Waals surface area contributed by atoms with Gasteiger partial charge >= 0.3 is 0 Å². The van der Waals surface area contributed by atoms with Gasteiger partial charge in [-0.05, 0) is 18.4 Å². The van der Waals surface area contributed by atoms with Gasteiger partial charge in [0, 0.05) is 15.8 Å². The van der Waals surface area contributed by atoms with E-state index < -0.39 is 5.91 Å². The second kappa shape index (κ2) is 4.67. The highest BCUT2D eigenvalue weighted by atomic mass is 32.2. The molecule has 0 spiro atoms. The van der Waals surface area contributed by atoms with Crippen LogP contribution in [0.3, 0.4) is 0 Å². The van der Waals surface area contributed by atoms with Gasteiger partial charge in [0.2, 0.25) is 0 Å². The number of carbonyl (C=O) groups is 1. The Labute approximate surface area is 102 Å². The second-order valence-electron chi connectivity index (χ2n) is 3.13. The van der Waals surface area contributed by atoms with Crippen LogP contribution in [-0.2, 0) is 0 Å². The monoisotopic (exact) mass is 250 g/mol. The Balaban J connectivity index is 2.38. The minimum Gasteiger partial charge on any atom is -0.364 e. The molecule has 82 valence electrons. The van der Waals surface area contributed by atoms with Crippen molar-refractivity contribution in [2.45, 2.75) is 4.90 Å². The average Bonchev–Trinajstić information content (AvgIpc) is 2.78. The van der Waals surface area contributed by atoms with Crippen molar-refractivity contribution in [1.29, 1.82) is 0 Å². The predicted octanol–water partition coefficient (Wildman–Crippen LogP) is 2.63. The number of amides is 1. The van der Waals surface area contributed by atoms with Crippen LogP contribution in [0.5, 0.6) is 0 Å². The predicted molar refractivity (Wildman–Crippen MR) is 67.8 cm³/mol. The first-order chi connectivity index (χ1) is 7.70. The van der Waals surface area contributed by atoms with E-state index in [1.165, 1.54) is 16.2 Å². The lowest BCUT2D eigenvalue weighted by molar-refractivity contribution is 0.1000. The van der Waals surface area contributed by atoms with Crippen molar-refractivity contribution in [2.75, 3.05) is 6.26 Å². The third kappa shape index (κ3) is 2.25. The Morgan fingerprint density at radius 1 is 1.50 bits per heavy atom. The van der Waals surface area contributed by atoms with Crippen molar-refractivity contribution in [3.63, 3.8) is 0 Å². The van der Waals surface area contributed by atoms with Crippen molar-refractivity contribution in [1.82, 2.24) is 4.98 Å². The summed E-state index contributed by atoms with van der Waals surface area (Å²) >= 11 is 2.95. The fraction of sp³-hybridized carbons (Fsp3) is 0.0909. The summed E-state index contributed by atoms with van der Waals surface area (Å²) in [5, 5.41) is 2.20. The summed E-state index contributed by atoms with van der Waals surface area (Å²) in [4.78, 5) is 16.3. The molecule has 0 aliphatic carbocycles. The van der Waals surface area contributed by atoms with E-state index in [4.69, 9.17) is 5.73 Å². The number of hydrogen-bond donors (Lipinski definition) is 1. The summed E-state index contributed by atoms with van der Waals surface area (Å²) in [5.41, 5.74) is 6.98. The van der Waals surface area contributed by atoms with Crippen LogP contribution in [0.2, 0.25) is 0 Å². The van der Waals surface area contributed by atoms with Gasteiger partial charge < -0.3 is 5.73 Å². The van der Waals surface area contributed by atoms with Gasteiger partial charge in [-0.1, -0.05) is 12.1 Å². The summed E-state index contributed by atoms with van der Waals surface area (Å²) in [6, 6.07) is 8.03. The van der Waals surface area contributed by atoms with Crippen LogP contribution in [0.15, 0.2) is 34.5 Å². The highest BCUT2D eigenvalue weighted by Crippen LogP contribution is 2.25. The van der Waals surface area contributed by atoms with Crippen LogP contribution in [0.1, 0.15) is 9.80 Å². The number of primary amides is 1. The molecule has 0 saturated heterocycles. The number of benzene rings is 1. The maximum atomic E-state index is 10.9. The molecule has 0 aliphatic heterocycles. The smallest absolute Gasteiger partial charge is 0.277 e. The van der Waals surface area contributed by atoms with E-state index in [-0.39, 0.29) is 0 Å². The molecule has 1 heterocycles. The summed E-state index contributed by atoms with van der Waals surface area (Å²) in [6.07, 6.45) is 2.02. The third-order valence-electron chi connectivity index (χ3n) is 2.08. The maximum Gasteiger partial charge on any atom is 0.277 e. The second-order valence-corrected chi connectivity index (χ2v) is 4.87. The minimum absolute atomic E-state index is 0.351. The topological polar surface area (TPSA) is 56.0 Å². The SMILES string of the molecule is CSc1cccc(-c2csc(C(N)=O)n2)c1. The normalized spacial score (nSPS) is 10.3. The molecule has 2 N–H and O–H groups in total. The molecule has 0 radical (unpaired) electrons. The molecule has 2 aromatic rings. The van der Waals surface area contributed by atoms with Crippen molar-refractivity contribution in [2.24, 2.45) is 5.73 Å². The third-order valence-corrected chi connectivity index (χ3v) is 3.66. The molecule has 1 aromatic carbocycles. The summed E-state index contributed by atoms with van der Waals surface area (Å²) in [7, 11) is 0. The number of thioether (sulfide) groups is 1. The minimum atomic E-state index is -0.475. The number of nitrogens with two attached hydrogens (primary N) is 1. The number of rotatable bonds is 3. The van der Waals surface area contributed by atoms with Crippen molar-refractivity contribution < 1.29 is 4.79 Å². The van der Waals surface area contributed by atoms with Crippen molar-refractivity contribution >= 4 is 29.0 Å². The average molecular weight is 250 g/mol. The van der Waals surface area contributed by atoms with Gasteiger partial charge in [0.05, 0.1) is 5.69 Å². The molecule has 3 nitrogen and oxygen atoms in total. The van der Waals surface area contributed by atoms with Crippen LogP contribution < -0.4 is 5.73 Å². The maximum absolute atomic E-state index is 10.9. The molecule has 0 atom stereocenters. The number of hydrogen-bond acceptors (Lipinski definition) is 4. The van der Waals surface area contributed by atoms with E-state index in [0.717, 1.165) is 11.3 Å². The highest BCUT2D eigenvalue weighted by molar-refractivity contribution is 7.98. The molecule has 1 amide bonds. The van der Waals surface area contributed by atoms with Crippen LogP contribution in [-0.4, -0.2) is 17.1 Å². The fourth-order valence-electron chi connectivity index (χ4n) is 1.30.